The van der Waals surface area contributed by atoms with Crippen LogP contribution in [0.4, 0.5) is 30.2 Å². The lowest BCUT2D eigenvalue weighted by Gasteiger charge is -2.36. The molecule has 0 aromatic heterocycles. The molecule has 2 aliphatic rings. The molecule has 2 aliphatic heterocycles. The van der Waals surface area contributed by atoms with Gasteiger partial charge in [-0.15, -0.1) is 0 Å². The van der Waals surface area contributed by atoms with Crippen molar-refractivity contribution in [3.8, 4) is 11.5 Å². The molecule has 0 radical (unpaired) electrons. The number of nitrogens with zero attached hydrogens (tertiary/aromatic N) is 1. The number of hydrogen-bond donors (Lipinski definition) is 1. The molecule has 0 amide bonds. The molecule has 2 heterocycles. The lowest BCUT2D eigenvalue weighted by atomic mass is 9.77. The lowest BCUT2D eigenvalue weighted by Crippen LogP contribution is -2.33. The summed E-state index contributed by atoms with van der Waals surface area (Å²) in [6, 6.07) is 22.6. The third-order valence-electron chi connectivity index (χ3n) is 7.66. The molecular weight excluding hydrogens is 517 g/mol. The number of benzene rings is 4. The number of fused-ring (bicyclic) bond motifs is 6. The van der Waals surface area contributed by atoms with Crippen LogP contribution in [-0.2, 0) is 16.5 Å². The van der Waals surface area contributed by atoms with E-state index in [-0.39, 0.29) is 5.69 Å². The van der Waals surface area contributed by atoms with E-state index in [1.807, 2.05) is 56.3 Å². The van der Waals surface area contributed by atoms with Crippen LogP contribution in [0.3, 0.4) is 0 Å². The summed E-state index contributed by atoms with van der Waals surface area (Å²) in [4.78, 5) is 14.7. The summed E-state index contributed by atoms with van der Waals surface area (Å²) in [6.45, 7) is 6.27. The van der Waals surface area contributed by atoms with Gasteiger partial charge in [0, 0.05) is 41.5 Å². The van der Waals surface area contributed by atoms with Crippen LogP contribution in [0.5, 0.6) is 11.5 Å². The van der Waals surface area contributed by atoms with Gasteiger partial charge in [-0.3, -0.25) is 0 Å². The number of alkyl halides is 3. The number of nitrogens with one attached hydrogen (secondary N) is 1. The van der Waals surface area contributed by atoms with Crippen LogP contribution < -0.4 is 15.0 Å². The van der Waals surface area contributed by atoms with Crippen LogP contribution in [0.1, 0.15) is 52.0 Å². The van der Waals surface area contributed by atoms with Crippen LogP contribution in [0.25, 0.3) is 0 Å². The maximum Gasteiger partial charge on any atom is 0.418 e. The highest BCUT2D eigenvalue weighted by Gasteiger charge is 2.53. The van der Waals surface area contributed by atoms with Gasteiger partial charge in [-0.2, -0.15) is 13.2 Å². The molecule has 1 N–H and O–H groups in total. The maximum absolute atomic E-state index is 14.1. The van der Waals surface area contributed by atoms with E-state index >= 15 is 0 Å². The van der Waals surface area contributed by atoms with Crippen molar-refractivity contribution in [3.63, 3.8) is 0 Å². The molecular formula is C32H27F3N2O3. The number of rotatable bonds is 5. The first-order valence-corrected chi connectivity index (χ1v) is 13.2. The van der Waals surface area contributed by atoms with E-state index < -0.39 is 23.3 Å². The fraction of sp³-hybridized carbons (Fsp3) is 0.219. The Morgan fingerprint density at radius 2 is 1.52 bits per heavy atom. The molecule has 0 saturated heterocycles. The second-order valence-corrected chi connectivity index (χ2v) is 9.87. The maximum atomic E-state index is 14.1. The highest BCUT2D eigenvalue weighted by molar-refractivity contribution is 5.97. The van der Waals surface area contributed by atoms with Crippen molar-refractivity contribution in [1.82, 2.24) is 0 Å². The van der Waals surface area contributed by atoms with Gasteiger partial charge in [-0.05, 0) is 56.7 Å². The van der Waals surface area contributed by atoms with Crippen LogP contribution in [0, 0.1) is 6.92 Å². The van der Waals surface area contributed by atoms with Crippen molar-refractivity contribution in [3.05, 3.63) is 112 Å². The van der Waals surface area contributed by atoms with Crippen molar-refractivity contribution in [2.24, 2.45) is 0 Å². The van der Waals surface area contributed by atoms with E-state index in [9.17, 15) is 18.0 Å². The average molecular weight is 545 g/mol. The quantitative estimate of drug-likeness (QED) is 0.257. The Bertz CT molecular complexity index is 1650. The third kappa shape index (κ3) is 3.81. The zero-order valence-electron chi connectivity index (χ0n) is 22.2. The largest absolute Gasteiger partial charge is 0.456 e. The number of halogens is 3. The SMILES string of the molecule is CCN(CC)c1c(C(F)(F)F)ccc(C)c1Nc1ccc2c(c1)Oc1ccccc1C21OC(=O)c2ccccc21. The Labute approximate surface area is 230 Å². The van der Waals surface area contributed by atoms with Gasteiger partial charge in [0.25, 0.3) is 0 Å². The molecule has 40 heavy (non-hydrogen) atoms. The molecule has 6 rings (SSSR count). The Balaban J connectivity index is 1.51. The summed E-state index contributed by atoms with van der Waals surface area (Å²) in [6.07, 6.45) is -4.52. The van der Waals surface area contributed by atoms with Gasteiger partial charge in [0.2, 0.25) is 0 Å². The van der Waals surface area contributed by atoms with E-state index in [0.29, 0.717) is 58.2 Å². The van der Waals surface area contributed by atoms with E-state index in [1.165, 1.54) is 6.07 Å². The molecule has 0 bridgehead atoms. The van der Waals surface area contributed by atoms with Gasteiger partial charge in [0.15, 0.2) is 5.60 Å². The normalized spacial score (nSPS) is 17.0. The first-order chi connectivity index (χ1) is 19.2. The Hall–Kier alpha value is -4.46. The number of anilines is 3. The smallest absolute Gasteiger partial charge is 0.418 e. The third-order valence-corrected chi connectivity index (χ3v) is 7.66. The number of carbonyl (C=O) groups excluding carboxylic acids is 1. The number of esters is 1. The molecule has 204 valence electrons. The number of ether oxygens (including phenoxy) is 2. The second kappa shape index (κ2) is 9.33. The van der Waals surface area contributed by atoms with Crippen LogP contribution in [0.2, 0.25) is 0 Å². The van der Waals surface area contributed by atoms with E-state index in [4.69, 9.17) is 9.47 Å². The number of aryl methyl sites for hydroxylation is 1. The van der Waals surface area contributed by atoms with Gasteiger partial charge in [0.05, 0.1) is 22.5 Å². The summed E-state index contributed by atoms with van der Waals surface area (Å²) in [7, 11) is 0. The van der Waals surface area contributed by atoms with Crippen LogP contribution in [-0.4, -0.2) is 19.1 Å². The van der Waals surface area contributed by atoms with Crippen molar-refractivity contribution in [2.75, 3.05) is 23.3 Å². The van der Waals surface area contributed by atoms with Gasteiger partial charge in [-0.1, -0.05) is 42.5 Å². The van der Waals surface area contributed by atoms with Crippen LogP contribution >= 0.6 is 0 Å². The monoisotopic (exact) mass is 544 g/mol. The van der Waals surface area contributed by atoms with E-state index in [2.05, 4.69) is 5.32 Å². The summed E-state index contributed by atoms with van der Waals surface area (Å²) in [5, 5.41) is 3.25. The van der Waals surface area contributed by atoms with E-state index in [1.54, 1.807) is 36.1 Å². The van der Waals surface area contributed by atoms with Gasteiger partial charge in [0.1, 0.15) is 11.5 Å². The minimum Gasteiger partial charge on any atom is -0.456 e. The highest BCUT2D eigenvalue weighted by atomic mass is 19.4. The first-order valence-electron chi connectivity index (χ1n) is 13.2. The minimum atomic E-state index is -4.52. The molecule has 0 saturated carbocycles. The van der Waals surface area contributed by atoms with Gasteiger partial charge in [-0.25, -0.2) is 4.79 Å². The first kappa shape index (κ1) is 25.8. The van der Waals surface area contributed by atoms with Crippen molar-refractivity contribution in [2.45, 2.75) is 32.5 Å². The lowest BCUT2D eigenvalue weighted by molar-refractivity contribution is -0.137. The minimum absolute atomic E-state index is 0.108. The topological polar surface area (TPSA) is 50.8 Å². The molecule has 1 unspecified atom stereocenters. The zero-order valence-corrected chi connectivity index (χ0v) is 22.2. The average Bonchev–Trinajstić information content (AvgIpc) is 3.23. The number of para-hydroxylation sites is 1. The Morgan fingerprint density at radius 1 is 0.850 bits per heavy atom. The number of carbonyl (C=O) groups is 1. The predicted molar refractivity (Wildman–Crippen MR) is 148 cm³/mol. The molecule has 1 spiro atoms. The Kier molecular flexibility index (Phi) is 6.02. The van der Waals surface area contributed by atoms with Crippen molar-refractivity contribution in [1.29, 1.82) is 0 Å². The zero-order chi connectivity index (χ0) is 28.2. The highest BCUT2D eigenvalue weighted by Crippen LogP contribution is 2.56. The molecule has 4 aromatic carbocycles. The Morgan fingerprint density at radius 3 is 2.25 bits per heavy atom. The molecule has 8 heteroatoms. The summed E-state index contributed by atoms with van der Waals surface area (Å²) < 4.78 is 54.8. The fourth-order valence-corrected chi connectivity index (χ4v) is 5.79. The molecule has 0 aliphatic carbocycles. The number of hydrogen-bond acceptors (Lipinski definition) is 5. The molecule has 4 aromatic rings. The van der Waals surface area contributed by atoms with Crippen LogP contribution in [0.15, 0.2) is 78.9 Å². The molecule has 1 atom stereocenters. The molecule has 5 nitrogen and oxygen atoms in total. The van der Waals surface area contributed by atoms with Gasteiger partial charge < -0.3 is 19.7 Å². The standard InChI is InChI=1S/C32H27F3N2O3/c1-4-37(5-2)29-25(32(33,34)35)16-14-19(3)28(29)36-20-15-17-24-27(18-20)39-26-13-9-8-12-23(26)31(24)22-11-7-6-10-21(22)30(38)40-31/h6-18,36H,4-5H2,1-3H3. The van der Waals surface area contributed by atoms with Crippen molar-refractivity contribution < 1.29 is 27.4 Å². The van der Waals surface area contributed by atoms with Crippen molar-refractivity contribution >= 4 is 23.0 Å². The fourth-order valence-electron chi connectivity index (χ4n) is 5.79. The second-order valence-electron chi connectivity index (χ2n) is 9.87. The summed E-state index contributed by atoms with van der Waals surface area (Å²) >= 11 is 0. The van der Waals surface area contributed by atoms with E-state index in [0.717, 1.165) is 11.6 Å². The predicted octanol–water partition coefficient (Wildman–Crippen LogP) is 8.17. The summed E-state index contributed by atoms with van der Waals surface area (Å²) in [5.41, 5.74) is 2.36. The van der Waals surface area contributed by atoms with Gasteiger partial charge >= 0.3 is 12.1 Å². The molecule has 0 fully saturated rings. The summed E-state index contributed by atoms with van der Waals surface area (Å²) in [5.74, 6) is 0.557.